The molecule has 8 heteroatoms. The molecule has 0 spiro atoms. The second kappa shape index (κ2) is 8.30. The van der Waals surface area contributed by atoms with Gasteiger partial charge in [-0.3, -0.25) is 4.90 Å². The number of esters is 1. The highest BCUT2D eigenvalue weighted by molar-refractivity contribution is 7.89. The quantitative estimate of drug-likeness (QED) is 0.695. The van der Waals surface area contributed by atoms with Crippen LogP contribution in [0.3, 0.4) is 0 Å². The molecule has 2 aromatic rings. The molecule has 29 heavy (non-hydrogen) atoms. The zero-order valence-electron chi connectivity index (χ0n) is 16.5. The molecule has 1 aliphatic heterocycles. The van der Waals surface area contributed by atoms with Gasteiger partial charge in [-0.25, -0.2) is 13.2 Å². The maximum absolute atomic E-state index is 12.9. The monoisotopic (exact) mass is 418 g/mol. The highest BCUT2D eigenvalue weighted by Gasteiger charge is 2.34. The van der Waals surface area contributed by atoms with Crippen molar-refractivity contribution in [1.29, 1.82) is 0 Å². The molecule has 0 radical (unpaired) electrons. The van der Waals surface area contributed by atoms with Gasteiger partial charge >= 0.3 is 5.97 Å². The highest BCUT2D eigenvalue weighted by Crippen LogP contribution is 2.35. The van der Waals surface area contributed by atoms with E-state index in [0.29, 0.717) is 32.2 Å². The van der Waals surface area contributed by atoms with E-state index in [1.54, 1.807) is 6.92 Å². The number of benzene rings is 1. The number of nitrogens with zero attached hydrogens (tertiary/aromatic N) is 2. The summed E-state index contributed by atoms with van der Waals surface area (Å²) in [5.74, 6) is -0.752. The van der Waals surface area contributed by atoms with Gasteiger partial charge in [0, 0.05) is 32.2 Å². The molecule has 0 bridgehead atoms. The van der Waals surface area contributed by atoms with Crippen LogP contribution in [0.4, 0.5) is 0 Å². The molecule has 7 nitrogen and oxygen atoms in total. The number of fused-ring (bicyclic) bond motifs is 1. The molecule has 0 saturated carbocycles. The van der Waals surface area contributed by atoms with Crippen molar-refractivity contribution in [3.05, 3.63) is 53.3 Å². The average molecular weight is 419 g/mol. The first kappa shape index (κ1) is 20.1. The molecule has 2 aliphatic rings. The van der Waals surface area contributed by atoms with Crippen molar-refractivity contribution in [1.82, 2.24) is 9.21 Å². The van der Waals surface area contributed by atoms with Gasteiger partial charge in [-0.15, -0.1) is 0 Å². The van der Waals surface area contributed by atoms with Crippen LogP contribution in [0, 0.1) is 0 Å². The van der Waals surface area contributed by atoms with Gasteiger partial charge in [-0.1, -0.05) is 24.3 Å². The van der Waals surface area contributed by atoms with E-state index in [4.69, 9.17) is 9.15 Å². The van der Waals surface area contributed by atoms with Gasteiger partial charge in [-0.05, 0) is 49.4 Å². The molecule has 1 aromatic carbocycles. The number of furan rings is 1. The smallest absolute Gasteiger partial charge is 0.374 e. The van der Waals surface area contributed by atoms with E-state index < -0.39 is 16.0 Å². The predicted octanol–water partition coefficient (Wildman–Crippen LogP) is 2.84. The molecular weight excluding hydrogens is 392 g/mol. The minimum absolute atomic E-state index is 0.0946. The molecule has 1 fully saturated rings. The maximum Gasteiger partial charge on any atom is 0.374 e. The lowest BCUT2D eigenvalue weighted by atomic mass is 9.86. The van der Waals surface area contributed by atoms with Crippen LogP contribution in [0.5, 0.6) is 0 Å². The number of hydrogen-bond donors (Lipinski definition) is 0. The summed E-state index contributed by atoms with van der Waals surface area (Å²) in [6.07, 6.45) is 3.37. The molecule has 1 saturated heterocycles. The van der Waals surface area contributed by atoms with Gasteiger partial charge in [0.15, 0.2) is 0 Å². The predicted molar refractivity (Wildman–Crippen MR) is 107 cm³/mol. The van der Waals surface area contributed by atoms with Crippen molar-refractivity contribution in [3.8, 4) is 0 Å². The van der Waals surface area contributed by atoms with E-state index >= 15 is 0 Å². The zero-order chi connectivity index (χ0) is 20.4. The first-order valence-corrected chi connectivity index (χ1v) is 11.5. The molecule has 0 unspecified atom stereocenters. The van der Waals surface area contributed by atoms with Crippen LogP contribution in [0.15, 0.2) is 45.9 Å². The van der Waals surface area contributed by atoms with Gasteiger partial charge in [0.1, 0.15) is 0 Å². The normalized spacial score (nSPS) is 20.9. The number of rotatable bonds is 5. The topological polar surface area (TPSA) is 80.1 Å². The van der Waals surface area contributed by atoms with E-state index in [1.807, 2.05) is 0 Å². The third kappa shape index (κ3) is 3.97. The van der Waals surface area contributed by atoms with Crippen LogP contribution >= 0.6 is 0 Å². The molecular formula is C21H26N2O5S. The summed E-state index contributed by atoms with van der Waals surface area (Å²) in [5.41, 5.74) is 2.78. The fourth-order valence-corrected chi connectivity index (χ4v) is 5.59. The van der Waals surface area contributed by atoms with Gasteiger partial charge in [0.2, 0.25) is 10.9 Å². The van der Waals surface area contributed by atoms with Crippen LogP contribution in [0.1, 0.15) is 47.5 Å². The van der Waals surface area contributed by atoms with Crippen LogP contribution in [-0.2, 0) is 21.2 Å². The largest absolute Gasteiger partial charge is 0.460 e. The zero-order valence-corrected chi connectivity index (χ0v) is 17.4. The van der Waals surface area contributed by atoms with E-state index in [9.17, 15) is 13.2 Å². The third-order valence-electron chi connectivity index (χ3n) is 5.70. The Balaban J connectivity index is 1.44. The Morgan fingerprint density at radius 1 is 1.14 bits per heavy atom. The van der Waals surface area contributed by atoms with Gasteiger partial charge in [-0.2, -0.15) is 4.31 Å². The molecule has 0 amide bonds. The summed E-state index contributed by atoms with van der Waals surface area (Å²) in [7, 11) is -3.77. The number of aryl methyl sites for hydroxylation is 1. The Hall–Kier alpha value is -2.16. The molecule has 2 heterocycles. The Kier molecular flexibility index (Phi) is 5.76. The maximum atomic E-state index is 12.9. The molecule has 156 valence electrons. The Labute approximate surface area is 171 Å². The molecule has 4 rings (SSSR count). The van der Waals surface area contributed by atoms with E-state index in [1.165, 1.54) is 27.6 Å². The summed E-state index contributed by atoms with van der Waals surface area (Å²) < 4.78 is 37.4. The number of carbonyl (C=O) groups is 1. The fraction of sp³-hybridized carbons (Fsp3) is 0.476. The molecule has 1 aromatic heterocycles. The lowest BCUT2D eigenvalue weighted by molar-refractivity contribution is 0.0483. The SMILES string of the molecule is CCOC(=O)c1ccc(S(=O)(=O)N2CCN([C@H]3CCCc4ccccc43)CC2)o1. The third-order valence-corrected chi connectivity index (χ3v) is 7.48. The van der Waals surface area contributed by atoms with E-state index in [0.717, 1.165) is 19.3 Å². The fourth-order valence-electron chi connectivity index (χ4n) is 4.26. The Morgan fingerprint density at radius 2 is 1.90 bits per heavy atom. The first-order chi connectivity index (χ1) is 14.0. The van der Waals surface area contributed by atoms with Gasteiger partial charge in [0.05, 0.1) is 6.61 Å². The lowest BCUT2D eigenvalue weighted by Gasteiger charge is -2.40. The average Bonchev–Trinajstić information content (AvgIpc) is 3.25. The first-order valence-electron chi connectivity index (χ1n) is 10.1. The number of piperazine rings is 1. The summed E-state index contributed by atoms with van der Waals surface area (Å²) in [6.45, 7) is 4.02. The van der Waals surface area contributed by atoms with Crippen LogP contribution in [-0.4, -0.2) is 56.4 Å². The van der Waals surface area contributed by atoms with E-state index in [2.05, 4.69) is 29.2 Å². The van der Waals surface area contributed by atoms with Crippen molar-refractivity contribution in [2.24, 2.45) is 0 Å². The lowest BCUT2D eigenvalue weighted by Crippen LogP contribution is -2.49. The number of ether oxygens (including phenoxy) is 1. The Morgan fingerprint density at radius 3 is 2.66 bits per heavy atom. The number of hydrogen-bond acceptors (Lipinski definition) is 6. The number of sulfonamides is 1. The minimum Gasteiger partial charge on any atom is -0.460 e. The van der Waals surface area contributed by atoms with Gasteiger partial charge in [0.25, 0.3) is 10.0 Å². The van der Waals surface area contributed by atoms with Crippen molar-refractivity contribution >= 4 is 16.0 Å². The van der Waals surface area contributed by atoms with Crippen molar-refractivity contribution in [2.45, 2.75) is 37.3 Å². The second-order valence-corrected chi connectivity index (χ2v) is 9.25. The van der Waals surface area contributed by atoms with Crippen LogP contribution < -0.4 is 0 Å². The minimum atomic E-state index is -3.77. The van der Waals surface area contributed by atoms with Crippen LogP contribution in [0.25, 0.3) is 0 Å². The highest BCUT2D eigenvalue weighted by atomic mass is 32.2. The molecule has 0 N–H and O–H groups in total. The summed E-state index contributed by atoms with van der Waals surface area (Å²) >= 11 is 0. The molecule has 1 aliphatic carbocycles. The summed E-state index contributed by atoms with van der Waals surface area (Å²) in [5, 5.41) is -0.211. The Bertz CT molecular complexity index is 976. The summed E-state index contributed by atoms with van der Waals surface area (Å²) in [4.78, 5) is 14.1. The van der Waals surface area contributed by atoms with Crippen LogP contribution in [0.2, 0.25) is 0 Å². The van der Waals surface area contributed by atoms with Crippen molar-refractivity contribution in [2.75, 3.05) is 32.8 Å². The van der Waals surface area contributed by atoms with Crippen molar-refractivity contribution < 1.29 is 22.4 Å². The van der Waals surface area contributed by atoms with Gasteiger partial charge < -0.3 is 9.15 Å². The second-order valence-electron chi connectivity index (χ2n) is 7.39. The number of carbonyl (C=O) groups excluding carboxylic acids is 1. The summed E-state index contributed by atoms with van der Waals surface area (Å²) in [6, 6.07) is 11.6. The molecule has 1 atom stereocenters. The van der Waals surface area contributed by atoms with Crippen molar-refractivity contribution in [3.63, 3.8) is 0 Å². The van der Waals surface area contributed by atoms with E-state index in [-0.39, 0.29) is 17.5 Å². The standard InChI is InChI=1S/C21H26N2O5S/c1-2-27-21(24)19-10-11-20(28-19)29(25,26)23-14-12-22(13-15-23)18-9-5-7-16-6-3-4-8-17(16)18/h3-4,6,8,10-11,18H,2,5,7,9,12-15H2,1H3/t18-/m0/s1.